The molecule has 0 aliphatic heterocycles. The van der Waals surface area contributed by atoms with Crippen molar-refractivity contribution in [2.45, 2.75) is 6.54 Å². The zero-order valence-corrected chi connectivity index (χ0v) is 17.7. The van der Waals surface area contributed by atoms with Crippen molar-refractivity contribution in [3.05, 3.63) is 53.7 Å². The predicted octanol–water partition coefficient (Wildman–Crippen LogP) is 3.28. The minimum Gasteiger partial charge on any atom is -0.382 e. The van der Waals surface area contributed by atoms with Crippen LogP contribution >= 0.6 is 23.0 Å². The van der Waals surface area contributed by atoms with Gasteiger partial charge in [0.15, 0.2) is 46.1 Å². The van der Waals surface area contributed by atoms with Gasteiger partial charge in [-0.25, -0.2) is 33.2 Å². The smallest absolute Gasteiger partial charge is 0.382 e. The number of hydrogen-bond donors (Lipinski definition) is 3. The normalized spacial score (nSPS) is 10.9. The number of carbonyl (C=O) groups is 1. The molecule has 1 aromatic carbocycles. The summed E-state index contributed by atoms with van der Waals surface area (Å²) < 4.78 is 33.9. The van der Waals surface area contributed by atoms with Crippen molar-refractivity contribution in [1.29, 1.82) is 0 Å². The number of rotatable bonds is 4. The van der Waals surface area contributed by atoms with Crippen LogP contribution in [0.1, 0.15) is 5.56 Å². The lowest BCUT2D eigenvalue weighted by atomic mass is 10.2. The first-order chi connectivity index (χ1) is 14.9. The SMILES string of the molecule is Nc1nc(-c2nn(Cc3ccccc3F)c3ncc(F)cc23)nc(N)c1NC(=O)OI. The largest absolute Gasteiger partial charge is 0.421 e. The van der Waals surface area contributed by atoms with Crippen molar-refractivity contribution >= 4 is 57.5 Å². The summed E-state index contributed by atoms with van der Waals surface area (Å²) in [5.41, 5.74) is 12.6. The fourth-order valence-corrected chi connectivity index (χ4v) is 3.06. The first-order valence-corrected chi connectivity index (χ1v) is 9.54. The number of nitrogen functional groups attached to an aromatic ring is 2. The molecule has 3 aromatic heterocycles. The van der Waals surface area contributed by atoms with Crippen LogP contribution in [0.2, 0.25) is 0 Å². The fraction of sp³-hybridized carbons (Fsp3) is 0.0556. The molecule has 0 fully saturated rings. The zero-order chi connectivity index (χ0) is 22.1. The molecule has 158 valence electrons. The van der Waals surface area contributed by atoms with Crippen molar-refractivity contribution in [3.63, 3.8) is 0 Å². The number of benzene rings is 1. The number of amides is 1. The molecule has 0 aliphatic carbocycles. The Morgan fingerprint density at radius 1 is 1.19 bits per heavy atom. The number of nitrogens with one attached hydrogen (secondary N) is 1. The Morgan fingerprint density at radius 2 is 1.90 bits per heavy atom. The highest BCUT2D eigenvalue weighted by Crippen LogP contribution is 2.30. The number of pyridine rings is 1. The number of hydrogen-bond acceptors (Lipinski definition) is 8. The third-order valence-corrected chi connectivity index (χ3v) is 4.71. The highest BCUT2D eigenvalue weighted by atomic mass is 127. The topological polar surface area (TPSA) is 147 Å². The molecular formula is C18H13F2IN8O2. The molecule has 0 aliphatic rings. The van der Waals surface area contributed by atoms with Gasteiger partial charge in [-0.05, 0) is 12.1 Å². The van der Waals surface area contributed by atoms with Crippen molar-refractivity contribution in [2.75, 3.05) is 16.8 Å². The summed E-state index contributed by atoms with van der Waals surface area (Å²) in [4.78, 5) is 23.8. The highest BCUT2D eigenvalue weighted by Gasteiger charge is 2.21. The van der Waals surface area contributed by atoms with Crippen molar-refractivity contribution in [1.82, 2.24) is 24.7 Å². The lowest BCUT2D eigenvalue weighted by molar-refractivity contribution is 0.228. The van der Waals surface area contributed by atoms with E-state index in [1.165, 1.54) is 39.8 Å². The Morgan fingerprint density at radius 3 is 2.58 bits per heavy atom. The lowest BCUT2D eigenvalue weighted by Crippen LogP contribution is -2.14. The average Bonchev–Trinajstić information content (AvgIpc) is 3.09. The lowest BCUT2D eigenvalue weighted by Gasteiger charge is -2.09. The summed E-state index contributed by atoms with van der Waals surface area (Å²) in [5.74, 6) is -1.34. The van der Waals surface area contributed by atoms with Crippen LogP contribution in [0.3, 0.4) is 0 Å². The molecule has 4 rings (SSSR count). The second-order valence-electron chi connectivity index (χ2n) is 6.30. The first-order valence-electron chi connectivity index (χ1n) is 8.65. The van der Waals surface area contributed by atoms with E-state index in [4.69, 9.17) is 11.5 Å². The first kappa shape index (κ1) is 20.6. The third kappa shape index (κ3) is 4.03. The molecule has 4 aromatic rings. The Balaban J connectivity index is 1.84. The molecule has 0 saturated carbocycles. The standard InChI is InChI=1S/C18H13F2IN8O2/c19-9-5-10-12(16-26-14(22)13(15(23)27-16)25-18(30)31-21)28-29(17(10)24-6-9)7-8-3-1-2-4-11(8)20/h1-6H,7H2,(H,25,30)(H4,22,23,26,27). The highest BCUT2D eigenvalue weighted by molar-refractivity contribution is 14.1. The van der Waals surface area contributed by atoms with Gasteiger partial charge in [0.1, 0.15) is 23.0 Å². The van der Waals surface area contributed by atoms with Crippen LogP contribution in [0.15, 0.2) is 36.5 Å². The van der Waals surface area contributed by atoms with E-state index in [0.717, 1.165) is 6.20 Å². The number of halogens is 3. The maximum absolute atomic E-state index is 14.1. The summed E-state index contributed by atoms with van der Waals surface area (Å²) in [6.45, 7) is 0.0356. The van der Waals surface area contributed by atoms with Crippen LogP contribution in [-0.2, 0) is 9.61 Å². The minimum absolute atomic E-state index is 0.0203. The summed E-state index contributed by atoms with van der Waals surface area (Å²) in [5, 5.41) is 6.99. The van der Waals surface area contributed by atoms with Gasteiger partial charge in [-0.1, -0.05) is 18.2 Å². The van der Waals surface area contributed by atoms with Gasteiger partial charge in [0.2, 0.25) is 0 Å². The molecule has 31 heavy (non-hydrogen) atoms. The van der Waals surface area contributed by atoms with Gasteiger partial charge in [0.05, 0.1) is 18.1 Å². The van der Waals surface area contributed by atoms with E-state index in [-0.39, 0.29) is 46.4 Å². The number of carbonyl (C=O) groups excluding carboxylic acids is 1. The van der Waals surface area contributed by atoms with E-state index < -0.39 is 17.7 Å². The van der Waals surface area contributed by atoms with Crippen LogP contribution in [0.25, 0.3) is 22.6 Å². The monoisotopic (exact) mass is 538 g/mol. The second kappa shape index (κ2) is 8.25. The number of fused-ring (bicyclic) bond motifs is 1. The molecule has 0 atom stereocenters. The number of aromatic nitrogens is 5. The van der Waals surface area contributed by atoms with Gasteiger partial charge in [-0.2, -0.15) is 5.10 Å². The van der Waals surface area contributed by atoms with Gasteiger partial charge in [-0.15, -0.1) is 0 Å². The van der Waals surface area contributed by atoms with Crippen LogP contribution in [0, 0.1) is 11.6 Å². The van der Waals surface area contributed by atoms with Crippen LogP contribution < -0.4 is 16.8 Å². The summed E-state index contributed by atoms with van der Waals surface area (Å²) >= 11 is 1.39. The van der Waals surface area contributed by atoms with Crippen LogP contribution in [-0.4, -0.2) is 30.8 Å². The van der Waals surface area contributed by atoms with E-state index in [0.29, 0.717) is 5.56 Å². The molecule has 10 nitrogen and oxygen atoms in total. The number of anilines is 3. The molecule has 0 saturated heterocycles. The average molecular weight is 538 g/mol. The van der Waals surface area contributed by atoms with Gasteiger partial charge >= 0.3 is 6.09 Å². The van der Waals surface area contributed by atoms with E-state index in [1.807, 2.05) is 0 Å². The van der Waals surface area contributed by atoms with Gasteiger partial charge < -0.3 is 14.5 Å². The molecule has 13 heteroatoms. The molecule has 0 bridgehead atoms. The summed E-state index contributed by atoms with van der Waals surface area (Å²) in [7, 11) is 0. The predicted molar refractivity (Wildman–Crippen MR) is 117 cm³/mol. The Kier molecular flexibility index (Phi) is 5.50. The van der Waals surface area contributed by atoms with Crippen LogP contribution in [0.4, 0.5) is 30.9 Å². The zero-order valence-electron chi connectivity index (χ0n) is 15.5. The second-order valence-corrected chi connectivity index (χ2v) is 6.75. The number of nitrogens with two attached hydrogens (primary N) is 2. The maximum atomic E-state index is 14.1. The summed E-state index contributed by atoms with van der Waals surface area (Å²) in [6, 6.07) is 7.39. The van der Waals surface area contributed by atoms with Crippen molar-refractivity contribution in [3.8, 4) is 11.5 Å². The Bertz CT molecular complexity index is 1290. The van der Waals surface area contributed by atoms with E-state index in [9.17, 15) is 13.6 Å². The molecular weight excluding hydrogens is 525 g/mol. The van der Waals surface area contributed by atoms with E-state index in [1.54, 1.807) is 18.2 Å². The van der Waals surface area contributed by atoms with Crippen LogP contribution in [0.5, 0.6) is 0 Å². The molecule has 0 unspecified atom stereocenters. The maximum Gasteiger partial charge on any atom is 0.421 e. The Labute approximate surface area is 187 Å². The minimum atomic E-state index is -0.818. The Hall–Kier alpha value is -3.62. The molecule has 0 radical (unpaired) electrons. The summed E-state index contributed by atoms with van der Waals surface area (Å²) in [6.07, 6.45) is 0.207. The van der Waals surface area contributed by atoms with Crippen molar-refractivity contribution < 1.29 is 16.6 Å². The molecule has 0 spiro atoms. The van der Waals surface area contributed by atoms with Gasteiger partial charge in [0, 0.05) is 5.56 Å². The van der Waals surface area contributed by atoms with E-state index in [2.05, 4.69) is 28.4 Å². The molecule has 5 N–H and O–H groups in total. The fourth-order valence-electron chi connectivity index (χ4n) is 2.95. The number of nitrogens with zero attached hydrogens (tertiary/aromatic N) is 5. The quantitative estimate of drug-likeness (QED) is 0.336. The van der Waals surface area contributed by atoms with Gasteiger partial charge in [0.25, 0.3) is 0 Å². The third-order valence-electron chi connectivity index (χ3n) is 4.31. The molecule has 1 amide bonds. The van der Waals surface area contributed by atoms with Crippen molar-refractivity contribution in [2.24, 2.45) is 0 Å². The van der Waals surface area contributed by atoms with Gasteiger partial charge in [-0.3, -0.25) is 5.32 Å². The molecule has 3 heterocycles. The van der Waals surface area contributed by atoms with E-state index >= 15 is 0 Å².